The Balaban J connectivity index is 0.000000208. The number of amides is 2. The van der Waals surface area contributed by atoms with Crippen molar-refractivity contribution in [2.24, 2.45) is 23.7 Å². The smallest absolute Gasteiger partial charge is 0.200 e. The quantitative estimate of drug-likeness (QED) is 0.182. The van der Waals surface area contributed by atoms with Crippen LogP contribution in [0.25, 0.3) is 0 Å². The lowest BCUT2D eigenvalue weighted by atomic mass is 9.74. The number of nitrogens with zero attached hydrogens (tertiary/aromatic N) is 2. The fourth-order valence-electron chi connectivity index (χ4n) is 9.82. The fourth-order valence-corrected chi connectivity index (χ4v) is 9.82. The van der Waals surface area contributed by atoms with E-state index in [1.54, 1.807) is 23.6 Å². The van der Waals surface area contributed by atoms with Crippen LogP contribution < -0.4 is 0 Å². The molecule has 8 nitrogen and oxygen atoms in total. The van der Waals surface area contributed by atoms with Gasteiger partial charge < -0.3 is 19.3 Å². The molecule has 1 saturated carbocycles. The van der Waals surface area contributed by atoms with E-state index in [0.717, 1.165) is 62.5 Å². The summed E-state index contributed by atoms with van der Waals surface area (Å²) in [6.07, 6.45) is 12.9. The first-order valence-corrected chi connectivity index (χ1v) is 19.9. The number of ketones is 2. The average Bonchev–Trinajstić information content (AvgIpc) is 3.52. The topological polar surface area (TPSA) is 93.2 Å². The van der Waals surface area contributed by atoms with Crippen LogP contribution in [-0.2, 0) is 31.9 Å². The second-order valence-electron chi connectivity index (χ2n) is 16.8. The normalized spacial score (nSPS) is 30.0. The van der Waals surface area contributed by atoms with Gasteiger partial charge in [-0.05, 0) is 116 Å². The minimum Gasteiger partial charge on any atom is -0.351 e. The van der Waals surface area contributed by atoms with E-state index in [1.807, 2.05) is 64.1 Å². The molecule has 0 spiro atoms. The first-order valence-electron chi connectivity index (χ1n) is 19.9. The maximum Gasteiger partial charge on any atom is 0.200 e. The van der Waals surface area contributed by atoms with E-state index in [1.165, 1.54) is 0 Å². The van der Waals surface area contributed by atoms with Crippen LogP contribution in [0, 0.1) is 23.7 Å². The summed E-state index contributed by atoms with van der Waals surface area (Å²) in [6, 6.07) is 20.0. The van der Waals surface area contributed by atoms with Crippen molar-refractivity contribution >= 4 is 38.9 Å². The summed E-state index contributed by atoms with van der Waals surface area (Å²) in [5, 5.41) is 0. The highest BCUT2D eigenvalue weighted by Crippen LogP contribution is 2.42. The SMILES string of the molecule is [B]C(=O)N1[C@@H](Cc2ccccc2)[C@@H](CC2CC=CCC2C(C)=O)OC1(C)C.[B]C(=O)N1[C@@H](Cc2ccccc2)[C@@H](CC2CCCCC2C(C)=O)OC1(C)C. The van der Waals surface area contributed by atoms with Gasteiger partial charge in [-0.15, -0.1) is 0 Å². The summed E-state index contributed by atoms with van der Waals surface area (Å²) in [4.78, 5) is 52.1. The molecular weight excluding hydrogens is 674 g/mol. The zero-order chi connectivity index (χ0) is 39.2. The van der Waals surface area contributed by atoms with Gasteiger partial charge in [-0.2, -0.15) is 0 Å². The minimum atomic E-state index is -0.758. The van der Waals surface area contributed by atoms with Crippen molar-refractivity contribution in [3.8, 4) is 0 Å². The molecule has 4 aliphatic rings. The third-order valence-electron chi connectivity index (χ3n) is 12.2. The van der Waals surface area contributed by atoms with E-state index in [4.69, 9.17) is 25.2 Å². The van der Waals surface area contributed by atoms with Crippen LogP contribution in [0.1, 0.15) is 104 Å². The highest BCUT2D eigenvalue weighted by molar-refractivity contribution is 6.57. The fraction of sp³-hybridized carbons (Fsp3) is 0.591. The maximum absolute atomic E-state index is 12.2. The summed E-state index contributed by atoms with van der Waals surface area (Å²) in [5.41, 5.74) is 0.807. The minimum absolute atomic E-state index is 0.0294. The Morgan fingerprint density at radius 1 is 0.630 bits per heavy atom. The Hall–Kier alpha value is -3.49. The number of Topliss-reactive ketones (excluding diaryl/α,β-unsaturated/α-hetero) is 2. The molecule has 0 N–H and O–H groups in total. The zero-order valence-corrected chi connectivity index (χ0v) is 33.1. The molecule has 4 unspecified atom stereocenters. The van der Waals surface area contributed by atoms with E-state index in [-0.39, 0.29) is 53.6 Å². The first kappa shape index (κ1) is 41.7. The Morgan fingerprint density at radius 3 is 1.50 bits per heavy atom. The van der Waals surface area contributed by atoms with Crippen LogP contribution in [0.2, 0.25) is 0 Å². The second-order valence-corrected chi connectivity index (χ2v) is 16.8. The number of hydrogen-bond donors (Lipinski definition) is 0. The lowest BCUT2D eigenvalue weighted by Gasteiger charge is -2.34. The number of carbonyl (C=O) groups is 4. The molecule has 2 aliphatic heterocycles. The van der Waals surface area contributed by atoms with Gasteiger partial charge in [0.05, 0.1) is 24.3 Å². The molecule has 4 radical (unpaired) electrons. The molecule has 54 heavy (non-hydrogen) atoms. The Morgan fingerprint density at radius 2 is 1.06 bits per heavy atom. The first-order chi connectivity index (χ1) is 25.6. The van der Waals surface area contributed by atoms with Crippen molar-refractivity contribution in [1.29, 1.82) is 0 Å². The number of allylic oxidation sites excluding steroid dienone is 2. The summed E-state index contributed by atoms with van der Waals surface area (Å²) in [5.74, 6) is 0.302. The van der Waals surface area contributed by atoms with E-state index in [0.29, 0.717) is 18.8 Å². The Labute approximate surface area is 325 Å². The summed E-state index contributed by atoms with van der Waals surface area (Å²) in [6.45, 7) is 11.0. The van der Waals surface area contributed by atoms with Gasteiger partial charge in [-0.25, -0.2) is 0 Å². The molecule has 10 heteroatoms. The monoisotopic (exact) mass is 732 g/mol. The molecule has 2 amide bonds. The highest BCUT2D eigenvalue weighted by Gasteiger charge is 2.50. The van der Waals surface area contributed by atoms with Crippen molar-refractivity contribution in [3.63, 3.8) is 0 Å². The van der Waals surface area contributed by atoms with Crippen LogP contribution >= 0.6 is 0 Å². The van der Waals surface area contributed by atoms with Gasteiger partial charge in [-0.3, -0.25) is 19.2 Å². The standard InChI is InChI=1S/C22H30BNO3.C22H28BNO3/c2*1-15(25)18-12-8-7-11-17(18)14-20-19(13-16-9-5-4-6-10-16)24(21(23)26)22(2,3)27-20/h4-6,9-10,17-20H,7-8,11-14H2,1-3H3;4-10,17-20H,11-14H2,1-3H3/t2*17?,18?,19-,20+/m00/s1. The molecule has 2 aromatic carbocycles. The molecule has 0 aromatic heterocycles. The van der Waals surface area contributed by atoms with Gasteiger partial charge in [0.25, 0.3) is 0 Å². The largest absolute Gasteiger partial charge is 0.351 e. The molecule has 2 heterocycles. The molecule has 8 atom stereocenters. The molecule has 3 fully saturated rings. The molecule has 0 bridgehead atoms. The lowest BCUT2D eigenvalue weighted by molar-refractivity contribution is -0.125. The van der Waals surface area contributed by atoms with Gasteiger partial charge >= 0.3 is 0 Å². The van der Waals surface area contributed by atoms with E-state index in [9.17, 15) is 19.2 Å². The van der Waals surface area contributed by atoms with E-state index < -0.39 is 23.1 Å². The molecule has 2 aromatic rings. The van der Waals surface area contributed by atoms with Gasteiger partial charge in [-0.1, -0.05) is 85.7 Å². The molecular formula is C44H58B2N2O6. The van der Waals surface area contributed by atoms with Gasteiger partial charge in [0.15, 0.2) is 11.6 Å². The predicted molar refractivity (Wildman–Crippen MR) is 213 cm³/mol. The van der Waals surface area contributed by atoms with E-state index in [2.05, 4.69) is 36.4 Å². The lowest BCUT2D eigenvalue weighted by Crippen LogP contribution is -2.49. The van der Waals surface area contributed by atoms with Crippen molar-refractivity contribution in [1.82, 2.24) is 9.80 Å². The number of benzene rings is 2. The number of carbonyl (C=O) groups excluding carboxylic acids is 4. The second kappa shape index (κ2) is 18.0. The van der Waals surface area contributed by atoms with Crippen LogP contribution in [-0.4, -0.2) is 84.4 Å². The zero-order valence-electron chi connectivity index (χ0n) is 33.1. The van der Waals surface area contributed by atoms with Crippen molar-refractivity contribution in [3.05, 3.63) is 83.9 Å². The summed E-state index contributed by atoms with van der Waals surface area (Å²) >= 11 is 0. The van der Waals surface area contributed by atoms with Crippen molar-refractivity contribution < 1.29 is 28.7 Å². The third-order valence-corrected chi connectivity index (χ3v) is 12.2. The Kier molecular flexibility index (Phi) is 13.9. The highest BCUT2D eigenvalue weighted by atomic mass is 16.5. The van der Waals surface area contributed by atoms with Gasteiger partial charge in [0, 0.05) is 11.8 Å². The number of rotatable bonds is 10. The maximum atomic E-state index is 12.2. The Bertz CT molecular complexity index is 1630. The average molecular weight is 733 g/mol. The van der Waals surface area contributed by atoms with Gasteiger partial charge in [0.1, 0.15) is 23.0 Å². The summed E-state index contributed by atoms with van der Waals surface area (Å²) in [7, 11) is 11.5. The molecule has 2 saturated heterocycles. The van der Waals surface area contributed by atoms with Crippen molar-refractivity contribution in [2.45, 2.75) is 141 Å². The number of ether oxygens (including phenoxy) is 2. The van der Waals surface area contributed by atoms with Crippen LogP contribution in [0.4, 0.5) is 9.59 Å². The summed E-state index contributed by atoms with van der Waals surface area (Å²) < 4.78 is 12.7. The molecule has 6 rings (SSSR count). The number of hydrogen-bond acceptors (Lipinski definition) is 6. The van der Waals surface area contributed by atoms with E-state index >= 15 is 0 Å². The molecule has 286 valence electrons. The van der Waals surface area contributed by atoms with Crippen LogP contribution in [0.5, 0.6) is 0 Å². The van der Waals surface area contributed by atoms with Crippen molar-refractivity contribution in [2.75, 3.05) is 0 Å². The predicted octanol–water partition coefficient (Wildman–Crippen LogP) is 7.99. The third kappa shape index (κ3) is 10.0. The molecule has 2 aliphatic carbocycles. The van der Waals surface area contributed by atoms with Crippen LogP contribution in [0.15, 0.2) is 72.8 Å². The van der Waals surface area contributed by atoms with Crippen LogP contribution in [0.3, 0.4) is 0 Å². The van der Waals surface area contributed by atoms with Gasteiger partial charge in [0.2, 0.25) is 15.7 Å².